The van der Waals surface area contributed by atoms with Crippen molar-refractivity contribution in [2.24, 2.45) is 0 Å². The molecular formula is C13H16N2O3. The summed E-state index contributed by atoms with van der Waals surface area (Å²) in [5, 5.41) is 11.9. The third-order valence-electron chi connectivity index (χ3n) is 3.38. The van der Waals surface area contributed by atoms with Gasteiger partial charge in [-0.1, -0.05) is 12.8 Å². The average molecular weight is 248 g/mol. The second-order valence-corrected chi connectivity index (χ2v) is 4.93. The van der Waals surface area contributed by atoms with E-state index in [1.165, 1.54) is 18.3 Å². The smallest absolute Gasteiger partial charge is 0.338 e. The lowest BCUT2D eigenvalue weighted by Gasteiger charge is -2.25. The number of hydrogen-bond donors (Lipinski definition) is 2. The minimum atomic E-state index is -1.13. The Labute approximate surface area is 105 Å². The van der Waals surface area contributed by atoms with Crippen molar-refractivity contribution in [2.75, 3.05) is 0 Å². The van der Waals surface area contributed by atoms with Crippen molar-refractivity contribution in [1.82, 2.24) is 10.3 Å². The summed E-state index contributed by atoms with van der Waals surface area (Å²) < 4.78 is 0. The molecule has 1 saturated carbocycles. The second-order valence-electron chi connectivity index (χ2n) is 4.93. The van der Waals surface area contributed by atoms with Gasteiger partial charge in [-0.15, -0.1) is 0 Å². The van der Waals surface area contributed by atoms with Crippen molar-refractivity contribution in [3.8, 4) is 0 Å². The molecule has 1 aromatic rings. The lowest BCUT2D eigenvalue weighted by atomic mass is 10.00. The lowest BCUT2D eigenvalue weighted by molar-refractivity contribution is 0.0688. The van der Waals surface area contributed by atoms with E-state index in [1.807, 2.05) is 6.92 Å². The molecule has 1 fully saturated rings. The quantitative estimate of drug-likeness (QED) is 0.855. The lowest BCUT2D eigenvalue weighted by Crippen LogP contribution is -2.44. The summed E-state index contributed by atoms with van der Waals surface area (Å²) in [5.41, 5.74) is -0.306. The molecule has 1 amide bonds. The highest BCUT2D eigenvalue weighted by Crippen LogP contribution is 2.29. The summed E-state index contributed by atoms with van der Waals surface area (Å²) in [6.45, 7) is 1.99. The number of nitrogens with one attached hydrogen (secondary N) is 1. The fourth-order valence-corrected chi connectivity index (χ4v) is 2.37. The molecule has 1 aliphatic carbocycles. The molecule has 0 aliphatic heterocycles. The zero-order valence-corrected chi connectivity index (χ0v) is 10.3. The van der Waals surface area contributed by atoms with Crippen LogP contribution in [0, 0.1) is 0 Å². The third kappa shape index (κ3) is 2.50. The Bertz CT molecular complexity index is 479. The molecule has 5 heteroatoms. The van der Waals surface area contributed by atoms with Gasteiger partial charge in [-0.3, -0.25) is 9.78 Å². The molecule has 2 N–H and O–H groups in total. The Morgan fingerprint density at radius 2 is 2.06 bits per heavy atom. The van der Waals surface area contributed by atoms with Crippen LogP contribution < -0.4 is 5.32 Å². The normalized spacial score (nSPS) is 17.4. The van der Waals surface area contributed by atoms with Crippen molar-refractivity contribution in [2.45, 2.75) is 38.1 Å². The van der Waals surface area contributed by atoms with Gasteiger partial charge in [0.05, 0.1) is 5.56 Å². The number of carboxylic acid groups (broad SMARTS) is 1. The highest BCUT2D eigenvalue weighted by Gasteiger charge is 2.31. The fourth-order valence-electron chi connectivity index (χ4n) is 2.37. The van der Waals surface area contributed by atoms with Gasteiger partial charge < -0.3 is 10.4 Å². The predicted molar refractivity (Wildman–Crippen MR) is 65.5 cm³/mol. The van der Waals surface area contributed by atoms with Crippen LogP contribution in [-0.4, -0.2) is 27.5 Å². The average Bonchev–Trinajstić information content (AvgIpc) is 2.75. The van der Waals surface area contributed by atoms with Gasteiger partial charge in [-0.05, 0) is 31.9 Å². The van der Waals surface area contributed by atoms with Crippen molar-refractivity contribution in [1.29, 1.82) is 0 Å². The summed E-state index contributed by atoms with van der Waals surface area (Å²) in [7, 11) is 0. The molecule has 0 bridgehead atoms. The summed E-state index contributed by atoms with van der Waals surface area (Å²) in [6, 6.07) is 2.90. The van der Waals surface area contributed by atoms with Crippen LogP contribution in [0.1, 0.15) is 53.5 Å². The molecule has 96 valence electrons. The number of carboxylic acids is 1. The number of carbonyl (C=O) groups excluding carboxylic acids is 1. The van der Waals surface area contributed by atoms with Gasteiger partial charge in [0.2, 0.25) is 0 Å². The number of rotatable bonds is 3. The zero-order valence-electron chi connectivity index (χ0n) is 10.3. The molecule has 18 heavy (non-hydrogen) atoms. The molecule has 0 unspecified atom stereocenters. The third-order valence-corrected chi connectivity index (χ3v) is 3.38. The topological polar surface area (TPSA) is 79.3 Å². The molecule has 1 heterocycles. The van der Waals surface area contributed by atoms with Crippen LogP contribution in [0.2, 0.25) is 0 Å². The van der Waals surface area contributed by atoms with E-state index in [9.17, 15) is 9.59 Å². The number of carbonyl (C=O) groups is 2. The molecule has 5 nitrogen and oxygen atoms in total. The van der Waals surface area contributed by atoms with E-state index in [1.54, 1.807) is 0 Å². The first-order valence-corrected chi connectivity index (χ1v) is 6.03. The monoisotopic (exact) mass is 248 g/mol. The van der Waals surface area contributed by atoms with E-state index < -0.39 is 11.9 Å². The molecule has 0 radical (unpaired) electrons. The van der Waals surface area contributed by atoms with E-state index in [0.29, 0.717) is 0 Å². The van der Waals surface area contributed by atoms with E-state index >= 15 is 0 Å². The van der Waals surface area contributed by atoms with Crippen LogP contribution in [0.4, 0.5) is 0 Å². The van der Waals surface area contributed by atoms with Gasteiger partial charge >= 0.3 is 5.97 Å². The van der Waals surface area contributed by atoms with Gasteiger partial charge in [-0.2, -0.15) is 0 Å². The van der Waals surface area contributed by atoms with Crippen molar-refractivity contribution >= 4 is 11.9 Å². The van der Waals surface area contributed by atoms with Crippen LogP contribution in [-0.2, 0) is 0 Å². The second kappa shape index (κ2) is 4.76. The van der Waals surface area contributed by atoms with Gasteiger partial charge in [-0.25, -0.2) is 4.79 Å². The first kappa shape index (κ1) is 12.5. The molecule has 0 atom stereocenters. The molecule has 0 saturated heterocycles. The predicted octanol–water partition coefficient (Wildman–Crippen LogP) is 1.84. The Balaban J connectivity index is 2.21. The Hall–Kier alpha value is -1.91. The Morgan fingerprint density at radius 1 is 1.39 bits per heavy atom. The maximum Gasteiger partial charge on any atom is 0.338 e. The minimum absolute atomic E-state index is 0.0156. The molecule has 0 spiro atoms. The summed E-state index contributed by atoms with van der Waals surface area (Å²) in [6.07, 6.45) is 5.45. The van der Waals surface area contributed by atoms with Crippen molar-refractivity contribution in [3.63, 3.8) is 0 Å². The zero-order chi connectivity index (χ0) is 13.2. The molecule has 0 aromatic carbocycles. The van der Waals surface area contributed by atoms with Crippen LogP contribution >= 0.6 is 0 Å². The standard InChI is InChI=1S/C13H16N2O3/c1-13(6-2-3-7-13)15-11(16)10-9(12(17)18)5-4-8-14-10/h4-5,8H,2-3,6-7H2,1H3,(H,15,16)(H,17,18). The first-order valence-electron chi connectivity index (χ1n) is 6.03. The number of aromatic carboxylic acids is 1. The van der Waals surface area contributed by atoms with Gasteiger partial charge in [0, 0.05) is 11.7 Å². The maximum atomic E-state index is 12.1. The van der Waals surface area contributed by atoms with E-state index in [-0.39, 0.29) is 16.8 Å². The van der Waals surface area contributed by atoms with Crippen LogP contribution in [0.3, 0.4) is 0 Å². The summed E-state index contributed by atoms with van der Waals surface area (Å²) in [5.74, 6) is -1.54. The number of hydrogen-bond acceptors (Lipinski definition) is 3. The van der Waals surface area contributed by atoms with Gasteiger partial charge in [0.1, 0.15) is 5.69 Å². The largest absolute Gasteiger partial charge is 0.478 e. The SMILES string of the molecule is CC1(NC(=O)c2ncccc2C(=O)O)CCCC1. The molecular weight excluding hydrogens is 232 g/mol. The molecule has 1 aromatic heterocycles. The molecule has 1 aliphatic rings. The Kier molecular flexibility index (Phi) is 3.32. The Morgan fingerprint density at radius 3 is 2.67 bits per heavy atom. The van der Waals surface area contributed by atoms with E-state index in [2.05, 4.69) is 10.3 Å². The van der Waals surface area contributed by atoms with Gasteiger partial charge in [0.25, 0.3) is 5.91 Å². The highest BCUT2D eigenvalue weighted by atomic mass is 16.4. The number of amides is 1. The fraction of sp³-hybridized carbons (Fsp3) is 0.462. The molecule has 2 rings (SSSR count). The van der Waals surface area contributed by atoms with Crippen molar-refractivity contribution < 1.29 is 14.7 Å². The van der Waals surface area contributed by atoms with Crippen LogP contribution in [0.25, 0.3) is 0 Å². The number of aromatic nitrogens is 1. The number of pyridine rings is 1. The maximum absolute atomic E-state index is 12.1. The van der Waals surface area contributed by atoms with Crippen molar-refractivity contribution in [3.05, 3.63) is 29.6 Å². The van der Waals surface area contributed by atoms with E-state index in [0.717, 1.165) is 25.7 Å². The van der Waals surface area contributed by atoms with Crippen LogP contribution in [0.5, 0.6) is 0 Å². The number of nitrogens with zero attached hydrogens (tertiary/aromatic N) is 1. The summed E-state index contributed by atoms with van der Waals surface area (Å²) in [4.78, 5) is 27.0. The highest BCUT2D eigenvalue weighted by molar-refractivity contribution is 6.03. The first-order chi connectivity index (χ1) is 8.52. The van der Waals surface area contributed by atoms with Crippen LogP contribution in [0.15, 0.2) is 18.3 Å². The summed E-state index contributed by atoms with van der Waals surface area (Å²) >= 11 is 0. The van der Waals surface area contributed by atoms with Gasteiger partial charge in [0.15, 0.2) is 0 Å². The minimum Gasteiger partial charge on any atom is -0.478 e. The van der Waals surface area contributed by atoms with E-state index in [4.69, 9.17) is 5.11 Å².